The van der Waals surface area contributed by atoms with Gasteiger partial charge in [0, 0.05) is 6.42 Å². The van der Waals surface area contributed by atoms with E-state index in [9.17, 15) is 33.6 Å². The first-order chi connectivity index (χ1) is 14.8. The Morgan fingerprint density at radius 3 is 1.56 bits per heavy atom. The summed E-state index contributed by atoms with van der Waals surface area (Å²) in [6.45, 7) is -1.01. The third-order valence-electron chi connectivity index (χ3n) is 3.82. The van der Waals surface area contributed by atoms with Crippen molar-refractivity contribution in [2.45, 2.75) is 49.9 Å². The minimum absolute atomic E-state index is 0.545. The number of aliphatic hydroxyl groups excluding tert-OH is 1. The van der Waals surface area contributed by atoms with Crippen LogP contribution < -0.4 is 21.7 Å². The molecule has 0 fully saturated rings. The monoisotopic (exact) mass is 464 g/mol. The lowest BCUT2D eigenvalue weighted by atomic mass is 10.1. The molecular formula is C16H24N4O12. The zero-order valence-corrected chi connectivity index (χ0v) is 16.5. The summed E-state index contributed by atoms with van der Waals surface area (Å²) in [6.07, 6.45) is -3.03. The van der Waals surface area contributed by atoms with Crippen LogP contribution in [0.1, 0.15) is 25.7 Å². The van der Waals surface area contributed by atoms with Crippen molar-refractivity contribution in [2.24, 2.45) is 5.73 Å². The number of carbonyl (C=O) groups is 7. The van der Waals surface area contributed by atoms with Crippen molar-refractivity contribution in [1.29, 1.82) is 0 Å². The van der Waals surface area contributed by atoms with E-state index in [2.05, 4.69) is 0 Å². The van der Waals surface area contributed by atoms with Crippen LogP contribution in [0.3, 0.4) is 0 Å². The fraction of sp³-hybridized carbons (Fsp3) is 0.562. The highest BCUT2D eigenvalue weighted by Gasteiger charge is 2.31. The largest absolute Gasteiger partial charge is 0.481 e. The van der Waals surface area contributed by atoms with Crippen molar-refractivity contribution in [3.8, 4) is 0 Å². The number of carboxylic acid groups (broad SMARTS) is 4. The van der Waals surface area contributed by atoms with Crippen molar-refractivity contribution in [3.63, 3.8) is 0 Å². The Balaban J connectivity index is 5.51. The maximum absolute atomic E-state index is 12.5. The van der Waals surface area contributed by atoms with Gasteiger partial charge < -0.3 is 47.2 Å². The highest BCUT2D eigenvalue weighted by molar-refractivity contribution is 5.96. The van der Waals surface area contributed by atoms with Gasteiger partial charge in [0.1, 0.15) is 18.1 Å². The molecule has 0 aliphatic heterocycles. The zero-order chi connectivity index (χ0) is 25.0. The molecule has 0 aliphatic rings. The number of aliphatic hydroxyl groups is 1. The van der Waals surface area contributed by atoms with Gasteiger partial charge in [-0.25, -0.2) is 4.79 Å². The number of hydrogen-bond donors (Lipinski definition) is 9. The first-order valence-corrected chi connectivity index (χ1v) is 8.94. The average Bonchev–Trinajstić information content (AvgIpc) is 2.66. The predicted molar refractivity (Wildman–Crippen MR) is 99.9 cm³/mol. The van der Waals surface area contributed by atoms with Crippen LogP contribution in [0, 0.1) is 0 Å². The summed E-state index contributed by atoms with van der Waals surface area (Å²) in [6, 6.07) is -6.89. The standard InChI is InChI=1S/C16H24N4O12/c17-6(3-11(24)25)13(28)19-8(4-12(26)27)15(30)18-7(1-2-10(22)23)14(29)20-9(5-21)16(31)32/h6-9,21H,1-5,17H2,(H,18,30)(H,19,28)(H,20,29)(H,22,23)(H,24,25)(H,26,27)(H,31,32). The summed E-state index contributed by atoms with van der Waals surface area (Å²) >= 11 is 0. The molecule has 0 spiro atoms. The Morgan fingerprint density at radius 2 is 1.12 bits per heavy atom. The van der Waals surface area contributed by atoms with Gasteiger partial charge >= 0.3 is 23.9 Å². The van der Waals surface area contributed by atoms with Crippen molar-refractivity contribution in [2.75, 3.05) is 6.61 Å². The van der Waals surface area contributed by atoms with E-state index < -0.39 is 98.1 Å². The molecular weight excluding hydrogens is 440 g/mol. The van der Waals surface area contributed by atoms with Gasteiger partial charge in [-0.05, 0) is 6.42 Å². The SMILES string of the molecule is NC(CC(=O)O)C(=O)NC(CC(=O)O)C(=O)NC(CCC(=O)O)C(=O)NC(CO)C(=O)O. The molecule has 16 heteroatoms. The second-order valence-corrected chi connectivity index (χ2v) is 6.44. The maximum Gasteiger partial charge on any atom is 0.328 e. The molecule has 16 nitrogen and oxygen atoms in total. The number of rotatable bonds is 15. The molecule has 4 atom stereocenters. The molecule has 10 N–H and O–H groups in total. The maximum atomic E-state index is 12.5. The molecule has 0 saturated carbocycles. The summed E-state index contributed by atoms with van der Waals surface area (Å²) in [5.74, 6) is -9.61. The summed E-state index contributed by atoms with van der Waals surface area (Å²) in [7, 11) is 0. The van der Waals surface area contributed by atoms with Crippen molar-refractivity contribution in [3.05, 3.63) is 0 Å². The van der Waals surface area contributed by atoms with Gasteiger partial charge in [-0.1, -0.05) is 0 Å². The first-order valence-electron chi connectivity index (χ1n) is 8.94. The van der Waals surface area contributed by atoms with E-state index in [1.54, 1.807) is 0 Å². The number of carbonyl (C=O) groups excluding carboxylic acids is 3. The van der Waals surface area contributed by atoms with Gasteiger partial charge in [0.2, 0.25) is 17.7 Å². The Bertz CT molecular complexity index is 755. The second kappa shape index (κ2) is 13.5. The van der Waals surface area contributed by atoms with Gasteiger partial charge in [-0.15, -0.1) is 0 Å². The molecule has 0 aromatic carbocycles. The summed E-state index contributed by atoms with van der Waals surface area (Å²) in [5, 5.41) is 50.1. The van der Waals surface area contributed by atoms with E-state index >= 15 is 0 Å². The summed E-state index contributed by atoms with van der Waals surface area (Å²) in [4.78, 5) is 80.1. The van der Waals surface area contributed by atoms with E-state index in [0.29, 0.717) is 0 Å². The molecule has 0 bridgehead atoms. The highest BCUT2D eigenvalue weighted by atomic mass is 16.4. The number of aliphatic carboxylic acids is 4. The lowest BCUT2D eigenvalue weighted by Gasteiger charge is -2.24. The van der Waals surface area contributed by atoms with Gasteiger partial charge in [0.15, 0.2) is 0 Å². The molecule has 0 heterocycles. The normalized spacial score (nSPS) is 14.2. The average molecular weight is 464 g/mol. The molecule has 0 saturated heterocycles. The van der Waals surface area contributed by atoms with Gasteiger partial charge in [0.05, 0.1) is 25.5 Å². The molecule has 180 valence electrons. The van der Waals surface area contributed by atoms with Crippen LogP contribution in [0.4, 0.5) is 0 Å². The number of carboxylic acids is 4. The van der Waals surface area contributed by atoms with Crippen molar-refractivity contribution < 1.29 is 59.1 Å². The zero-order valence-electron chi connectivity index (χ0n) is 16.5. The Labute approximate surface area is 179 Å². The van der Waals surface area contributed by atoms with Crippen LogP contribution in [0.15, 0.2) is 0 Å². The summed E-state index contributed by atoms with van der Waals surface area (Å²) in [5.41, 5.74) is 5.35. The molecule has 0 radical (unpaired) electrons. The van der Waals surface area contributed by atoms with E-state index in [1.165, 1.54) is 0 Å². The fourth-order valence-corrected chi connectivity index (χ4v) is 2.21. The van der Waals surface area contributed by atoms with Gasteiger partial charge in [-0.3, -0.25) is 28.8 Å². The van der Waals surface area contributed by atoms with Crippen LogP contribution in [-0.2, 0) is 33.6 Å². The Kier molecular flexibility index (Phi) is 11.9. The van der Waals surface area contributed by atoms with Gasteiger partial charge in [0.25, 0.3) is 0 Å². The third kappa shape index (κ3) is 10.8. The van der Waals surface area contributed by atoms with E-state index in [4.69, 9.17) is 31.3 Å². The Hall–Kier alpha value is -3.79. The van der Waals surface area contributed by atoms with Crippen LogP contribution in [0.25, 0.3) is 0 Å². The van der Waals surface area contributed by atoms with E-state index in [1.807, 2.05) is 16.0 Å². The lowest BCUT2D eigenvalue weighted by molar-refractivity contribution is -0.144. The molecule has 0 aromatic heterocycles. The minimum atomic E-state index is -1.83. The highest BCUT2D eigenvalue weighted by Crippen LogP contribution is 2.03. The van der Waals surface area contributed by atoms with Crippen molar-refractivity contribution >= 4 is 41.6 Å². The van der Waals surface area contributed by atoms with Crippen LogP contribution >= 0.6 is 0 Å². The topological polar surface area (TPSA) is 283 Å². The number of amides is 3. The number of nitrogens with one attached hydrogen (secondary N) is 3. The smallest absolute Gasteiger partial charge is 0.328 e. The lowest BCUT2D eigenvalue weighted by Crippen LogP contribution is -2.58. The van der Waals surface area contributed by atoms with Crippen LogP contribution in [0.2, 0.25) is 0 Å². The summed E-state index contributed by atoms with van der Waals surface area (Å²) < 4.78 is 0. The molecule has 3 amide bonds. The quantitative estimate of drug-likeness (QED) is 0.111. The van der Waals surface area contributed by atoms with Crippen LogP contribution in [0.5, 0.6) is 0 Å². The van der Waals surface area contributed by atoms with Crippen LogP contribution in [-0.4, -0.2) is 97.9 Å². The number of nitrogens with two attached hydrogens (primary N) is 1. The molecule has 0 aliphatic carbocycles. The first kappa shape index (κ1) is 28.2. The van der Waals surface area contributed by atoms with E-state index in [-0.39, 0.29) is 0 Å². The Morgan fingerprint density at radius 1 is 0.656 bits per heavy atom. The molecule has 32 heavy (non-hydrogen) atoms. The van der Waals surface area contributed by atoms with Crippen molar-refractivity contribution in [1.82, 2.24) is 16.0 Å². The second-order valence-electron chi connectivity index (χ2n) is 6.44. The van der Waals surface area contributed by atoms with Gasteiger partial charge in [-0.2, -0.15) is 0 Å². The van der Waals surface area contributed by atoms with E-state index in [0.717, 1.165) is 0 Å². The predicted octanol–water partition coefficient (Wildman–Crippen LogP) is -4.34. The third-order valence-corrected chi connectivity index (χ3v) is 3.82. The number of hydrogen-bond acceptors (Lipinski definition) is 9. The minimum Gasteiger partial charge on any atom is -0.481 e. The molecule has 4 unspecified atom stereocenters. The molecule has 0 aromatic rings. The fourth-order valence-electron chi connectivity index (χ4n) is 2.21. The molecule has 0 rings (SSSR count).